The zero-order chi connectivity index (χ0) is 17.2. The van der Waals surface area contributed by atoms with Crippen molar-refractivity contribution in [3.63, 3.8) is 0 Å². The normalized spacial score (nSPS) is 13.9. The van der Waals surface area contributed by atoms with Gasteiger partial charge in [-0.1, -0.05) is 17.7 Å². The molecule has 146 valence electrons. The lowest BCUT2D eigenvalue weighted by atomic mass is 10.1. The molecule has 0 radical (unpaired) electrons. The molecule has 1 saturated heterocycles. The second-order valence-corrected chi connectivity index (χ2v) is 7.45. The predicted molar refractivity (Wildman–Crippen MR) is 120 cm³/mol. The fraction of sp³-hybridized carbons (Fsp3) is 0.333. The number of piperazine rings is 1. The van der Waals surface area contributed by atoms with E-state index in [9.17, 15) is 0 Å². The Morgan fingerprint density at radius 1 is 1.15 bits per heavy atom. The molecule has 0 unspecified atom stereocenters. The van der Waals surface area contributed by atoms with E-state index in [-0.39, 0.29) is 24.8 Å². The first-order chi connectivity index (χ1) is 12.2. The smallest absolute Gasteiger partial charge is 0.148 e. The number of nitrogens with one attached hydrogen (secondary N) is 1. The van der Waals surface area contributed by atoms with Gasteiger partial charge in [0.1, 0.15) is 5.82 Å². The van der Waals surface area contributed by atoms with Crippen LogP contribution in [0.1, 0.15) is 5.01 Å². The SMILES string of the molecule is Cl.Cl.NCCc1nc(-c2ccc3nc(N4CCNCC4)c(Cl)cc3c2)cs1. The van der Waals surface area contributed by atoms with E-state index < -0.39 is 0 Å². The fourth-order valence-corrected chi connectivity index (χ4v) is 4.18. The van der Waals surface area contributed by atoms with Gasteiger partial charge in [0.25, 0.3) is 0 Å². The summed E-state index contributed by atoms with van der Waals surface area (Å²) < 4.78 is 0. The molecule has 9 heteroatoms. The molecule has 0 aliphatic carbocycles. The molecule has 2 aromatic heterocycles. The number of fused-ring (bicyclic) bond motifs is 1. The van der Waals surface area contributed by atoms with E-state index in [4.69, 9.17) is 22.3 Å². The third-order valence-electron chi connectivity index (χ3n) is 4.37. The summed E-state index contributed by atoms with van der Waals surface area (Å²) in [5.74, 6) is 0.877. The minimum Gasteiger partial charge on any atom is -0.353 e. The third-order valence-corrected chi connectivity index (χ3v) is 5.56. The summed E-state index contributed by atoms with van der Waals surface area (Å²) in [6, 6.07) is 8.25. The van der Waals surface area contributed by atoms with Gasteiger partial charge >= 0.3 is 0 Å². The number of anilines is 1. The van der Waals surface area contributed by atoms with Crippen molar-refractivity contribution in [1.29, 1.82) is 0 Å². The van der Waals surface area contributed by atoms with Crippen LogP contribution < -0.4 is 16.0 Å². The molecule has 1 aliphatic rings. The van der Waals surface area contributed by atoms with Crippen molar-refractivity contribution < 1.29 is 0 Å². The zero-order valence-electron chi connectivity index (χ0n) is 14.7. The first-order valence-corrected chi connectivity index (χ1v) is 9.71. The van der Waals surface area contributed by atoms with Crippen molar-refractivity contribution in [2.24, 2.45) is 5.73 Å². The van der Waals surface area contributed by atoms with E-state index in [1.165, 1.54) is 0 Å². The van der Waals surface area contributed by atoms with E-state index in [0.29, 0.717) is 11.6 Å². The number of nitrogens with zero attached hydrogens (tertiary/aromatic N) is 3. The maximum atomic E-state index is 6.53. The Bertz CT molecular complexity index is 896. The molecule has 0 saturated carbocycles. The summed E-state index contributed by atoms with van der Waals surface area (Å²) in [5.41, 5.74) is 8.64. The van der Waals surface area contributed by atoms with Crippen LogP contribution in [0.15, 0.2) is 29.6 Å². The Kier molecular flexibility index (Phi) is 8.09. The number of pyridine rings is 1. The van der Waals surface area contributed by atoms with Gasteiger partial charge in [0.2, 0.25) is 0 Å². The highest BCUT2D eigenvalue weighted by molar-refractivity contribution is 7.09. The Labute approximate surface area is 180 Å². The molecule has 4 rings (SSSR count). The zero-order valence-corrected chi connectivity index (χ0v) is 17.9. The molecule has 0 bridgehead atoms. The molecule has 1 aromatic carbocycles. The largest absolute Gasteiger partial charge is 0.353 e. The van der Waals surface area contributed by atoms with Gasteiger partial charge in [0, 0.05) is 48.9 Å². The summed E-state index contributed by atoms with van der Waals surface area (Å²) in [5, 5.41) is 8.24. The van der Waals surface area contributed by atoms with Crippen LogP contribution in [0, 0.1) is 0 Å². The van der Waals surface area contributed by atoms with Gasteiger partial charge in [-0.25, -0.2) is 9.97 Å². The topological polar surface area (TPSA) is 67.1 Å². The lowest BCUT2D eigenvalue weighted by molar-refractivity contribution is 0.585. The Morgan fingerprint density at radius 2 is 1.93 bits per heavy atom. The number of hydrogen-bond donors (Lipinski definition) is 2. The second kappa shape index (κ2) is 9.87. The van der Waals surface area contributed by atoms with Crippen molar-refractivity contribution in [2.75, 3.05) is 37.6 Å². The van der Waals surface area contributed by atoms with Gasteiger partial charge in [-0.05, 0) is 24.7 Å². The molecular weight excluding hydrogens is 425 g/mol. The minimum absolute atomic E-state index is 0. The van der Waals surface area contributed by atoms with Crippen LogP contribution in [0.3, 0.4) is 0 Å². The summed E-state index contributed by atoms with van der Waals surface area (Å²) in [4.78, 5) is 11.7. The molecule has 1 aliphatic heterocycles. The fourth-order valence-electron chi connectivity index (χ4n) is 3.08. The van der Waals surface area contributed by atoms with Crippen molar-refractivity contribution in [3.8, 4) is 11.3 Å². The second-order valence-electron chi connectivity index (χ2n) is 6.10. The van der Waals surface area contributed by atoms with E-state index >= 15 is 0 Å². The van der Waals surface area contributed by atoms with Gasteiger partial charge in [-0.2, -0.15) is 0 Å². The van der Waals surface area contributed by atoms with Gasteiger partial charge in [0.05, 0.1) is 21.2 Å². The first kappa shape index (κ1) is 22.1. The molecule has 27 heavy (non-hydrogen) atoms. The average Bonchev–Trinajstić information content (AvgIpc) is 3.10. The van der Waals surface area contributed by atoms with Gasteiger partial charge < -0.3 is 16.0 Å². The van der Waals surface area contributed by atoms with Gasteiger partial charge in [0.15, 0.2) is 0 Å². The third kappa shape index (κ3) is 4.83. The van der Waals surface area contributed by atoms with Crippen LogP contribution in [0.4, 0.5) is 5.82 Å². The van der Waals surface area contributed by atoms with Crippen molar-refractivity contribution >= 4 is 64.5 Å². The Balaban J connectivity index is 0.00000131. The summed E-state index contributed by atoms with van der Waals surface area (Å²) in [6.07, 6.45) is 0.819. The molecule has 0 spiro atoms. The predicted octanol–water partition coefficient (Wildman–Crippen LogP) is 3.77. The highest BCUT2D eigenvalue weighted by Crippen LogP contribution is 2.31. The van der Waals surface area contributed by atoms with Crippen LogP contribution in [-0.4, -0.2) is 42.7 Å². The number of rotatable bonds is 4. The van der Waals surface area contributed by atoms with E-state index in [1.807, 2.05) is 6.07 Å². The monoisotopic (exact) mass is 445 g/mol. The number of thiazole rings is 1. The highest BCUT2D eigenvalue weighted by Gasteiger charge is 2.16. The number of aromatic nitrogens is 2. The quantitative estimate of drug-likeness (QED) is 0.638. The first-order valence-electron chi connectivity index (χ1n) is 8.45. The van der Waals surface area contributed by atoms with Crippen LogP contribution in [-0.2, 0) is 6.42 Å². The molecule has 3 heterocycles. The van der Waals surface area contributed by atoms with Crippen molar-refractivity contribution in [1.82, 2.24) is 15.3 Å². The molecule has 5 nitrogen and oxygen atoms in total. The number of benzene rings is 1. The van der Waals surface area contributed by atoms with E-state index in [0.717, 1.165) is 65.6 Å². The Hall–Kier alpha value is -1.15. The van der Waals surface area contributed by atoms with Crippen LogP contribution in [0.2, 0.25) is 5.02 Å². The minimum atomic E-state index is 0. The lowest BCUT2D eigenvalue weighted by Gasteiger charge is -2.29. The Morgan fingerprint density at radius 3 is 2.67 bits per heavy atom. The molecule has 0 atom stereocenters. The van der Waals surface area contributed by atoms with E-state index in [1.54, 1.807) is 11.3 Å². The summed E-state index contributed by atoms with van der Waals surface area (Å²) in [7, 11) is 0. The molecular formula is C18H22Cl3N5S. The molecule has 1 fully saturated rings. The summed E-state index contributed by atoms with van der Waals surface area (Å²) >= 11 is 8.18. The van der Waals surface area contributed by atoms with Crippen LogP contribution in [0.5, 0.6) is 0 Å². The van der Waals surface area contributed by atoms with Gasteiger partial charge in [-0.15, -0.1) is 36.2 Å². The van der Waals surface area contributed by atoms with Crippen molar-refractivity contribution in [2.45, 2.75) is 6.42 Å². The van der Waals surface area contributed by atoms with E-state index in [2.05, 4.69) is 38.8 Å². The summed E-state index contributed by atoms with van der Waals surface area (Å²) in [6.45, 7) is 4.41. The average molecular weight is 447 g/mol. The number of hydrogen-bond acceptors (Lipinski definition) is 6. The standard InChI is InChI=1S/C18H20ClN5S.2ClH/c19-14-10-13-9-12(16-11-25-17(22-16)3-4-20)1-2-15(13)23-18(14)24-7-5-21-6-8-24;;/h1-2,9-11,21H,3-8,20H2;2*1H. The maximum absolute atomic E-state index is 6.53. The highest BCUT2D eigenvalue weighted by atomic mass is 35.5. The number of halogens is 3. The molecule has 3 N–H and O–H groups in total. The molecule has 0 amide bonds. The van der Waals surface area contributed by atoms with Crippen molar-refractivity contribution in [3.05, 3.63) is 39.7 Å². The lowest BCUT2D eigenvalue weighted by Crippen LogP contribution is -2.44. The van der Waals surface area contributed by atoms with Crippen LogP contribution in [0.25, 0.3) is 22.2 Å². The van der Waals surface area contributed by atoms with Crippen LogP contribution >= 0.6 is 47.8 Å². The number of nitrogens with two attached hydrogens (primary N) is 1. The maximum Gasteiger partial charge on any atom is 0.148 e. The van der Waals surface area contributed by atoms with Gasteiger partial charge in [-0.3, -0.25) is 0 Å². The molecule has 3 aromatic rings.